The quantitative estimate of drug-likeness (QED) is 0.594. The molecule has 0 saturated heterocycles. The van der Waals surface area contributed by atoms with Gasteiger partial charge in [-0.3, -0.25) is 9.59 Å². The molecule has 9 heteroatoms. The number of amides is 1. The molecule has 3 aromatic heterocycles. The minimum atomic E-state index is -0.305. The third-order valence-corrected chi connectivity index (χ3v) is 4.70. The molecule has 1 aromatic carbocycles. The van der Waals surface area contributed by atoms with Crippen molar-refractivity contribution in [2.45, 2.75) is 6.54 Å². The highest BCUT2D eigenvalue weighted by Gasteiger charge is 2.18. The van der Waals surface area contributed by atoms with Gasteiger partial charge in [0.25, 0.3) is 11.5 Å². The zero-order chi connectivity index (χ0) is 18.1. The van der Waals surface area contributed by atoms with Gasteiger partial charge in [0, 0.05) is 7.05 Å². The third kappa shape index (κ3) is 3.00. The lowest BCUT2D eigenvalue weighted by molar-refractivity contribution is 0.0775. The Kier molecular flexibility index (Phi) is 4.05. The molecule has 0 radical (unpaired) electrons. The number of fused-ring (bicyclic) bond motifs is 1. The van der Waals surface area contributed by atoms with E-state index in [1.807, 2.05) is 35.7 Å². The number of thiophene rings is 1. The van der Waals surface area contributed by atoms with E-state index in [1.165, 1.54) is 27.2 Å². The van der Waals surface area contributed by atoms with Crippen molar-refractivity contribution in [1.82, 2.24) is 29.9 Å². The first-order valence-corrected chi connectivity index (χ1v) is 8.69. The van der Waals surface area contributed by atoms with E-state index in [9.17, 15) is 9.59 Å². The van der Waals surface area contributed by atoms with Gasteiger partial charge >= 0.3 is 0 Å². The molecule has 0 saturated carbocycles. The summed E-state index contributed by atoms with van der Waals surface area (Å²) in [6.45, 7) is 0.165. The van der Waals surface area contributed by atoms with Gasteiger partial charge in [-0.15, -0.1) is 16.4 Å². The van der Waals surface area contributed by atoms with Crippen molar-refractivity contribution >= 4 is 27.5 Å². The van der Waals surface area contributed by atoms with Gasteiger partial charge in [0.05, 0.1) is 23.9 Å². The molecule has 0 unspecified atom stereocenters. The predicted octanol–water partition coefficient (Wildman–Crippen LogP) is 1.84. The van der Waals surface area contributed by atoms with Gasteiger partial charge in [0.1, 0.15) is 10.5 Å². The molecular weight excluding hydrogens is 352 g/mol. The van der Waals surface area contributed by atoms with Gasteiger partial charge in [0.15, 0.2) is 5.69 Å². The van der Waals surface area contributed by atoms with Crippen LogP contribution in [0.4, 0.5) is 0 Å². The minimum Gasteiger partial charge on any atom is -0.333 e. The standard InChI is InChI=1S/C17H14N6O2S/c1-22(10-14-19-12-7-8-26-15(12)16(24)20-14)17(25)13-9-18-23(21-13)11-5-3-2-4-6-11/h2-9H,10H2,1H3,(H,19,20,24). The Morgan fingerprint density at radius 2 is 2.08 bits per heavy atom. The maximum atomic E-state index is 12.6. The molecule has 4 aromatic rings. The lowest BCUT2D eigenvalue weighted by Crippen LogP contribution is -2.28. The molecule has 8 nitrogen and oxygen atoms in total. The molecule has 0 aliphatic carbocycles. The van der Waals surface area contributed by atoms with Crippen LogP contribution < -0.4 is 5.56 Å². The van der Waals surface area contributed by atoms with Crippen LogP contribution in [0, 0.1) is 0 Å². The first-order valence-electron chi connectivity index (χ1n) is 7.81. The van der Waals surface area contributed by atoms with Crippen LogP contribution in [0.2, 0.25) is 0 Å². The van der Waals surface area contributed by atoms with Crippen LogP contribution >= 0.6 is 11.3 Å². The van der Waals surface area contributed by atoms with Crippen molar-refractivity contribution in [2.24, 2.45) is 0 Å². The van der Waals surface area contributed by atoms with Crippen LogP contribution in [-0.2, 0) is 6.54 Å². The molecule has 1 N–H and O–H groups in total. The predicted molar refractivity (Wildman–Crippen MR) is 97.4 cm³/mol. The Morgan fingerprint density at radius 1 is 1.27 bits per heavy atom. The normalized spacial score (nSPS) is 11.0. The number of hydrogen-bond acceptors (Lipinski definition) is 6. The lowest BCUT2D eigenvalue weighted by Gasteiger charge is -2.14. The van der Waals surface area contributed by atoms with E-state index in [1.54, 1.807) is 13.1 Å². The molecule has 0 spiro atoms. The number of benzene rings is 1. The average molecular weight is 366 g/mol. The van der Waals surface area contributed by atoms with Crippen molar-refractivity contribution in [3.05, 3.63) is 69.8 Å². The highest BCUT2D eigenvalue weighted by molar-refractivity contribution is 7.17. The smallest absolute Gasteiger partial charge is 0.276 e. The number of aromatic amines is 1. The zero-order valence-corrected chi connectivity index (χ0v) is 14.6. The van der Waals surface area contributed by atoms with Crippen LogP contribution in [-0.4, -0.2) is 42.8 Å². The second kappa shape index (κ2) is 6.52. The summed E-state index contributed by atoms with van der Waals surface area (Å²) in [6, 6.07) is 11.1. The van der Waals surface area contributed by atoms with E-state index in [4.69, 9.17) is 0 Å². The second-order valence-electron chi connectivity index (χ2n) is 5.66. The van der Waals surface area contributed by atoms with Crippen molar-refractivity contribution in [1.29, 1.82) is 0 Å². The summed E-state index contributed by atoms with van der Waals surface area (Å²) in [5, 5.41) is 10.2. The fourth-order valence-corrected chi connectivity index (χ4v) is 3.26. The van der Waals surface area contributed by atoms with Crippen molar-refractivity contribution in [2.75, 3.05) is 7.05 Å². The number of para-hydroxylation sites is 1. The number of rotatable bonds is 4. The molecular formula is C17H14N6O2S. The number of aromatic nitrogens is 5. The lowest BCUT2D eigenvalue weighted by atomic mass is 10.3. The number of hydrogen-bond donors (Lipinski definition) is 1. The van der Waals surface area contributed by atoms with Crippen LogP contribution in [0.1, 0.15) is 16.3 Å². The summed E-state index contributed by atoms with van der Waals surface area (Å²) in [6.07, 6.45) is 1.42. The highest BCUT2D eigenvalue weighted by Crippen LogP contribution is 2.14. The highest BCUT2D eigenvalue weighted by atomic mass is 32.1. The zero-order valence-electron chi connectivity index (χ0n) is 13.8. The van der Waals surface area contributed by atoms with Gasteiger partial charge in [-0.05, 0) is 23.6 Å². The van der Waals surface area contributed by atoms with E-state index >= 15 is 0 Å². The summed E-state index contributed by atoms with van der Waals surface area (Å²) in [5.74, 6) is 0.118. The Bertz CT molecular complexity index is 1130. The molecule has 0 aliphatic heterocycles. The molecule has 26 heavy (non-hydrogen) atoms. The maximum absolute atomic E-state index is 12.6. The molecule has 0 bridgehead atoms. The van der Waals surface area contributed by atoms with E-state index in [-0.39, 0.29) is 23.7 Å². The van der Waals surface area contributed by atoms with Crippen LogP contribution in [0.3, 0.4) is 0 Å². The Labute approximate surface area is 151 Å². The van der Waals surface area contributed by atoms with Gasteiger partial charge in [0.2, 0.25) is 0 Å². The largest absolute Gasteiger partial charge is 0.333 e. The number of carbonyl (C=O) groups is 1. The van der Waals surface area contributed by atoms with E-state index in [0.29, 0.717) is 16.0 Å². The van der Waals surface area contributed by atoms with Crippen molar-refractivity contribution < 1.29 is 4.79 Å². The number of nitrogens with zero attached hydrogens (tertiary/aromatic N) is 5. The Hall–Kier alpha value is -3.33. The molecule has 0 atom stereocenters. The van der Waals surface area contributed by atoms with Crippen LogP contribution in [0.25, 0.3) is 15.9 Å². The third-order valence-electron chi connectivity index (χ3n) is 3.80. The summed E-state index contributed by atoms with van der Waals surface area (Å²) in [5.41, 5.74) is 1.42. The van der Waals surface area contributed by atoms with Crippen LogP contribution in [0.5, 0.6) is 0 Å². The molecule has 4 rings (SSSR count). The Balaban J connectivity index is 1.54. The topological polar surface area (TPSA) is 96.8 Å². The van der Waals surface area contributed by atoms with Gasteiger partial charge in [-0.1, -0.05) is 18.2 Å². The first kappa shape index (κ1) is 16.2. The molecule has 0 fully saturated rings. The minimum absolute atomic E-state index is 0.165. The maximum Gasteiger partial charge on any atom is 0.276 e. The molecule has 1 amide bonds. The SMILES string of the molecule is CN(Cc1nc2ccsc2c(=O)[nH]1)C(=O)c1cnn(-c2ccccc2)n1. The van der Waals surface area contributed by atoms with E-state index in [2.05, 4.69) is 20.2 Å². The summed E-state index contributed by atoms with van der Waals surface area (Å²) >= 11 is 1.34. The van der Waals surface area contributed by atoms with Gasteiger partial charge < -0.3 is 9.88 Å². The number of H-pyrrole nitrogens is 1. The fraction of sp³-hybridized carbons (Fsp3) is 0.118. The molecule has 3 heterocycles. The number of nitrogens with one attached hydrogen (secondary N) is 1. The molecule has 0 aliphatic rings. The monoisotopic (exact) mass is 366 g/mol. The molecule has 130 valence electrons. The van der Waals surface area contributed by atoms with Gasteiger partial charge in [-0.2, -0.15) is 9.90 Å². The van der Waals surface area contributed by atoms with Crippen molar-refractivity contribution in [3.8, 4) is 5.69 Å². The van der Waals surface area contributed by atoms with Gasteiger partial charge in [-0.25, -0.2) is 4.98 Å². The summed E-state index contributed by atoms with van der Waals surface area (Å²) < 4.78 is 0.577. The second-order valence-corrected chi connectivity index (χ2v) is 6.58. The Morgan fingerprint density at radius 3 is 2.88 bits per heavy atom. The fourth-order valence-electron chi connectivity index (χ4n) is 2.54. The first-order chi connectivity index (χ1) is 12.6. The van der Waals surface area contributed by atoms with Crippen LogP contribution in [0.15, 0.2) is 52.8 Å². The summed E-state index contributed by atoms with van der Waals surface area (Å²) in [4.78, 5) is 34.6. The number of carbonyl (C=O) groups excluding carboxylic acids is 1. The van der Waals surface area contributed by atoms with E-state index < -0.39 is 0 Å². The average Bonchev–Trinajstić information content (AvgIpc) is 3.31. The van der Waals surface area contributed by atoms with Crippen molar-refractivity contribution in [3.63, 3.8) is 0 Å². The summed E-state index contributed by atoms with van der Waals surface area (Å²) in [7, 11) is 1.63. The van der Waals surface area contributed by atoms with E-state index in [0.717, 1.165) is 5.69 Å².